The smallest absolute Gasteiger partial charge is 0.220 e. The van der Waals surface area contributed by atoms with E-state index in [-0.39, 0.29) is 6.10 Å². The van der Waals surface area contributed by atoms with Crippen LogP contribution < -0.4 is 4.74 Å². The van der Waals surface area contributed by atoms with Crippen LogP contribution in [0.25, 0.3) is 0 Å². The van der Waals surface area contributed by atoms with Gasteiger partial charge in [0.15, 0.2) is 0 Å². The van der Waals surface area contributed by atoms with E-state index in [2.05, 4.69) is 64.3 Å². The highest BCUT2D eigenvalue weighted by molar-refractivity contribution is 8.22. The fourth-order valence-electron chi connectivity index (χ4n) is 3.72. The van der Waals surface area contributed by atoms with Crippen LogP contribution in [0.15, 0.2) is 41.8 Å². The molecule has 0 amide bonds. The Morgan fingerprint density at radius 1 is 0.938 bits per heavy atom. The summed E-state index contributed by atoms with van der Waals surface area (Å²) in [6.07, 6.45) is 0.844. The third-order valence-corrected chi connectivity index (χ3v) is 8.45. The molecule has 0 saturated carbocycles. The fraction of sp³-hybridized carbons (Fsp3) is 0.370. The van der Waals surface area contributed by atoms with Crippen LogP contribution in [0.3, 0.4) is 0 Å². The molecule has 0 saturated heterocycles. The van der Waals surface area contributed by atoms with Crippen LogP contribution in [-0.2, 0) is 16.9 Å². The zero-order valence-electron chi connectivity index (χ0n) is 19.8. The van der Waals surface area contributed by atoms with Crippen molar-refractivity contribution in [2.45, 2.75) is 59.8 Å². The van der Waals surface area contributed by atoms with E-state index in [0.717, 1.165) is 17.9 Å². The van der Waals surface area contributed by atoms with Gasteiger partial charge in [0, 0.05) is 10.6 Å². The van der Waals surface area contributed by atoms with Gasteiger partial charge in [-0.2, -0.15) is 0 Å². The van der Waals surface area contributed by atoms with Crippen molar-refractivity contribution in [2.75, 3.05) is 6.61 Å². The minimum absolute atomic E-state index is 0.0955. The summed E-state index contributed by atoms with van der Waals surface area (Å²) in [4.78, 5) is 1.30. The Morgan fingerprint density at radius 3 is 2.16 bits per heavy atom. The highest BCUT2D eigenvalue weighted by Gasteiger charge is 2.13. The molecule has 0 aliphatic rings. The second-order valence-corrected chi connectivity index (χ2v) is 10.9. The quantitative estimate of drug-likeness (QED) is 0.303. The summed E-state index contributed by atoms with van der Waals surface area (Å²) in [7, 11) is 0. The molecule has 0 spiro atoms. The lowest BCUT2D eigenvalue weighted by molar-refractivity contribution is 0.141. The molecule has 0 unspecified atom stereocenters. The highest BCUT2D eigenvalue weighted by Crippen LogP contribution is 2.28. The van der Waals surface area contributed by atoms with Crippen LogP contribution in [0.1, 0.15) is 50.7 Å². The van der Waals surface area contributed by atoms with Crippen LogP contribution in [0.5, 0.6) is 5.75 Å². The largest absolute Gasteiger partial charge is 0.490 e. The van der Waals surface area contributed by atoms with Crippen LogP contribution >= 0.6 is 35.3 Å². The van der Waals surface area contributed by atoms with Crippen LogP contribution in [0.2, 0.25) is 0 Å². The first-order chi connectivity index (χ1) is 15.3. The van der Waals surface area contributed by atoms with Gasteiger partial charge < -0.3 is 9.47 Å². The third kappa shape index (κ3) is 6.37. The molecule has 1 atom stereocenters. The number of rotatable bonds is 8. The summed E-state index contributed by atoms with van der Waals surface area (Å²) >= 11 is 8.64. The maximum absolute atomic E-state index is 5.93. The minimum Gasteiger partial charge on any atom is -0.490 e. The molecule has 3 rings (SSSR count). The maximum Gasteiger partial charge on any atom is 0.220 e. The van der Waals surface area contributed by atoms with Gasteiger partial charge in [0.05, 0.1) is 0 Å². The van der Waals surface area contributed by atoms with Crippen LogP contribution in [-0.4, -0.2) is 17.1 Å². The van der Waals surface area contributed by atoms with Gasteiger partial charge in [-0.05, 0) is 123 Å². The Hall–Kier alpha value is -1.82. The monoisotopic (exact) mass is 484 g/mol. The average Bonchev–Trinajstić information content (AvgIpc) is 3.31. The predicted molar refractivity (Wildman–Crippen MR) is 144 cm³/mol. The molecule has 0 bridgehead atoms. The standard InChI is InChI=1S/C27H32O2S3/c1-17(29-27(30)32-16-25-8-7-13-31-25)15-28-24-11-9-23(10-12-24)14-26-21(5)19(3)18(2)20(4)22(26)6/h7-13,17H,14-16H2,1-6H3/t17-/m1/s1. The number of ether oxygens (including phenoxy) is 2. The van der Waals surface area contributed by atoms with Gasteiger partial charge in [0.25, 0.3) is 0 Å². The molecule has 2 nitrogen and oxygen atoms in total. The summed E-state index contributed by atoms with van der Waals surface area (Å²) in [5.74, 6) is 1.70. The lowest BCUT2D eigenvalue weighted by Crippen LogP contribution is -2.19. The number of thiocarbonyl (C=S) groups is 1. The van der Waals surface area contributed by atoms with Crippen molar-refractivity contribution in [3.05, 3.63) is 85.6 Å². The van der Waals surface area contributed by atoms with E-state index in [4.69, 9.17) is 21.7 Å². The number of thiophene rings is 1. The summed E-state index contributed by atoms with van der Waals surface area (Å²) in [6, 6.07) is 12.6. The maximum atomic E-state index is 5.93. The van der Waals surface area contributed by atoms with Gasteiger partial charge in [-0.1, -0.05) is 30.0 Å². The molecule has 0 fully saturated rings. The van der Waals surface area contributed by atoms with E-state index in [9.17, 15) is 0 Å². The van der Waals surface area contributed by atoms with Gasteiger partial charge in [-0.15, -0.1) is 11.3 Å². The number of hydrogen-bond donors (Lipinski definition) is 0. The van der Waals surface area contributed by atoms with Crippen molar-refractivity contribution in [3.63, 3.8) is 0 Å². The van der Waals surface area contributed by atoms with Crippen LogP contribution in [0, 0.1) is 34.6 Å². The topological polar surface area (TPSA) is 18.5 Å². The highest BCUT2D eigenvalue weighted by atomic mass is 32.2. The average molecular weight is 485 g/mol. The fourth-order valence-corrected chi connectivity index (χ4v) is 5.59. The summed E-state index contributed by atoms with van der Waals surface area (Å²) < 4.78 is 12.3. The molecule has 2 aromatic carbocycles. The molecular formula is C27H32O2S3. The van der Waals surface area contributed by atoms with E-state index >= 15 is 0 Å². The second kappa shape index (κ2) is 11.4. The Morgan fingerprint density at radius 2 is 1.56 bits per heavy atom. The van der Waals surface area contributed by atoms with E-state index in [1.165, 1.54) is 43.8 Å². The Bertz CT molecular complexity index is 1020. The Kier molecular flexibility index (Phi) is 8.80. The SMILES string of the molecule is Cc1c(C)c(C)c(Cc2ccc(OC[C@@H](C)OC(=S)SCc3cccs3)cc2)c(C)c1C. The number of thioether (sulfide) groups is 1. The third-order valence-electron chi connectivity index (χ3n) is 6.15. The Balaban J connectivity index is 1.51. The van der Waals surface area contributed by atoms with E-state index in [0.29, 0.717) is 11.0 Å². The normalized spacial score (nSPS) is 11.9. The molecule has 0 radical (unpaired) electrons. The van der Waals surface area contributed by atoms with Crippen LogP contribution in [0.4, 0.5) is 0 Å². The first-order valence-corrected chi connectivity index (χ1v) is 13.2. The summed E-state index contributed by atoms with van der Waals surface area (Å²) in [5.41, 5.74) is 9.77. The van der Waals surface area contributed by atoms with Crippen molar-refractivity contribution < 1.29 is 9.47 Å². The molecular weight excluding hydrogens is 452 g/mol. The molecule has 1 heterocycles. The zero-order valence-corrected chi connectivity index (χ0v) is 22.2. The van der Waals surface area contributed by atoms with Gasteiger partial charge in [0.1, 0.15) is 18.5 Å². The zero-order chi connectivity index (χ0) is 23.3. The first kappa shape index (κ1) is 24.8. The van der Waals surface area contributed by atoms with Crippen molar-refractivity contribution in [1.82, 2.24) is 0 Å². The second-order valence-electron chi connectivity index (χ2n) is 8.28. The molecule has 0 N–H and O–H groups in total. The molecule has 3 aromatic rings. The van der Waals surface area contributed by atoms with Crippen molar-refractivity contribution in [3.8, 4) is 5.75 Å². The molecule has 0 aliphatic heterocycles. The molecule has 0 aliphatic carbocycles. The van der Waals surface area contributed by atoms with E-state index < -0.39 is 0 Å². The molecule has 1 aromatic heterocycles. The first-order valence-electron chi connectivity index (χ1n) is 10.9. The summed E-state index contributed by atoms with van der Waals surface area (Å²) in [6.45, 7) is 13.6. The minimum atomic E-state index is -0.0955. The van der Waals surface area contributed by atoms with E-state index in [1.54, 1.807) is 23.1 Å². The Labute approximate surface area is 206 Å². The predicted octanol–water partition coefficient (Wildman–Crippen LogP) is 7.88. The lowest BCUT2D eigenvalue weighted by atomic mass is 9.87. The van der Waals surface area contributed by atoms with Gasteiger partial charge in [-0.25, -0.2) is 0 Å². The summed E-state index contributed by atoms with van der Waals surface area (Å²) in [5, 5.41) is 2.08. The van der Waals surface area contributed by atoms with Crippen molar-refractivity contribution in [2.24, 2.45) is 0 Å². The number of benzene rings is 2. The molecule has 32 heavy (non-hydrogen) atoms. The lowest BCUT2D eigenvalue weighted by Gasteiger charge is -2.19. The molecule has 170 valence electrons. The molecule has 5 heteroatoms. The van der Waals surface area contributed by atoms with Crippen molar-refractivity contribution >= 4 is 39.7 Å². The van der Waals surface area contributed by atoms with Crippen molar-refractivity contribution in [1.29, 1.82) is 0 Å². The van der Waals surface area contributed by atoms with E-state index in [1.807, 2.05) is 19.1 Å². The number of hydrogen-bond acceptors (Lipinski definition) is 5. The van der Waals surface area contributed by atoms with Gasteiger partial charge >= 0.3 is 0 Å². The van der Waals surface area contributed by atoms with Gasteiger partial charge in [-0.3, -0.25) is 0 Å². The van der Waals surface area contributed by atoms with Gasteiger partial charge in [0.2, 0.25) is 4.38 Å².